The van der Waals surface area contributed by atoms with Crippen molar-refractivity contribution in [2.75, 3.05) is 5.73 Å². The number of nitriles is 1. The van der Waals surface area contributed by atoms with Gasteiger partial charge in [0.2, 0.25) is 0 Å². The average Bonchev–Trinajstić information content (AvgIpc) is 2.65. The Labute approximate surface area is 98.9 Å². The first kappa shape index (κ1) is 10.1. The summed E-state index contributed by atoms with van der Waals surface area (Å²) in [6, 6.07) is 2.15. The van der Waals surface area contributed by atoms with Crippen molar-refractivity contribution in [3.05, 3.63) is 17.0 Å². The average molecular weight is 227 g/mol. The highest BCUT2D eigenvalue weighted by Crippen LogP contribution is 2.32. The Kier molecular flexibility index (Phi) is 2.05. The number of aryl methyl sites for hydroxylation is 2. The molecular weight excluding hydrogens is 214 g/mol. The second kappa shape index (κ2) is 3.45. The molecular formula is C12H13N5. The topological polar surface area (TPSA) is 80.5 Å². The number of aromatic nitrogens is 3. The van der Waals surface area contributed by atoms with Gasteiger partial charge in [0, 0.05) is 12.7 Å². The number of nitrogen functional groups attached to an aromatic ring is 1. The van der Waals surface area contributed by atoms with Gasteiger partial charge < -0.3 is 5.73 Å². The minimum absolute atomic E-state index is 0.498. The molecule has 17 heavy (non-hydrogen) atoms. The lowest BCUT2D eigenvalue weighted by Crippen LogP contribution is -2.09. The molecule has 0 saturated heterocycles. The lowest BCUT2D eigenvalue weighted by Gasteiger charge is -2.16. The highest BCUT2D eigenvalue weighted by molar-refractivity contribution is 5.94. The zero-order chi connectivity index (χ0) is 12.0. The molecule has 3 rings (SSSR count). The zero-order valence-corrected chi connectivity index (χ0v) is 9.69. The maximum atomic E-state index is 9.14. The quantitative estimate of drug-likeness (QED) is 0.735. The van der Waals surface area contributed by atoms with Crippen molar-refractivity contribution >= 4 is 16.7 Å². The van der Waals surface area contributed by atoms with Crippen molar-refractivity contribution in [3.8, 4) is 6.07 Å². The van der Waals surface area contributed by atoms with Gasteiger partial charge in [-0.1, -0.05) is 0 Å². The number of rotatable bonds is 0. The lowest BCUT2D eigenvalue weighted by atomic mass is 9.93. The maximum absolute atomic E-state index is 9.14. The molecule has 0 fully saturated rings. The zero-order valence-electron chi connectivity index (χ0n) is 9.69. The SMILES string of the molecule is Cn1nc2nc3c(c(N)c2c1C#N)CCCC3. The van der Waals surface area contributed by atoms with E-state index in [2.05, 4.69) is 16.2 Å². The van der Waals surface area contributed by atoms with Gasteiger partial charge in [-0.2, -0.15) is 10.4 Å². The first-order valence-electron chi connectivity index (χ1n) is 5.76. The third kappa shape index (κ3) is 1.30. The standard InChI is InChI=1S/C12H13N5/c1-17-9(6-13)10-11(14)7-4-2-3-5-8(7)15-12(10)16-17/h2-5,14H2,1H3. The molecule has 2 aromatic heterocycles. The highest BCUT2D eigenvalue weighted by atomic mass is 15.3. The van der Waals surface area contributed by atoms with Crippen LogP contribution >= 0.6 is 0 Å². The van der Waals surface area contributed by atoms with Crippen LogP contribution in [0.15, 0.2) is 0 Å². The van der Waals surface area contributed by atoms with Crippen LogP contribution in [-0.4, -0.2) is 14.8 Å². The maximum Gasteiger partial charge on any atom is 0.184 e. The summed E-state index contributed by atoms with van der Waals surface area (Å²) in [5.41, 5.74) is 10.2. The van der Waals surface area contributed by atoms with E-state index in [4.69, 9.17) is 11.0 Å². The number of fused-ring (bicyclic) bond motifs is 2. The van der Waals surface area contributed by atoms with Crippen LogP contribution in [0.4, 0.5) is 5.69 Å². The molecule has 1 aliphatic rings. The predicted molar refractivity (Wildman–Crippen MR) is 64.3 cm³/mol. The van der Waals surface area contributed by atoms with Gasteiger partial charge in [0.25, 0.3) is 0 Å². The molecule has 2 heterocycles. The summed E-state index contributed by atoms with van der Waals surface area (Å²) in [7, 11) is 1.75. The van der Waals surface area contributed by atoms with Gasteiger partial charge in [-0.3, -0.25) is 4.68 Å². The predicted octanol–water partition coefficient (Wildman–Crippen LogP) is 1.30. The van der Waals surface area contributed by atoms with Crippen LogP contribution in [0, 0.1) is 11.3 Å². The van der Waals surface area contributed by atoms with Crippen LogP contribution < -0.4 is 5.73 Å². The summed E-state index contributed by atoms with van der Waals surface area (Å²) >= 11 is 0. The Morgan fingerprint density at radius 1 is 1.35 bits per heavy atom. The molecule has 5 nitrogen and oxygen atoms in total. The molecule has 0 radical (unpaired) electrons. The van der Waals surface area contributed by atoms with Gasteiger partial charge >= 0.3 is 0 Å². The Hall–Kier alpha value is -2.09. The van der Waals surface area contributed by atoms with Crippen molar-refractivity contribution in [3.63, 3.8) is 0 Å². The highest BCUT2D eigenvalue weighted by Gasteiger charge is 2.21. The molecule has 2 aromatic rings. The van der Waals surface area contributed by atoms with Crippen LogP contribution in [-0.2, 0) is 19.9 Å². The second-order valence-electron chi connectivity index (χ2n) is 4.44. The smallest absolute Gasteiger partial charge is 0.184 e. The van der Waals surface area contributed by atoms with Crippen LogP contribution in [0.1, 0.15) is 29.8 Å². The Bertz CT molecular complexity index is 647. The number of nitrogens with two attached hydrogens (primary N) is 1. The van der Waals surface area contributed by atoms with E-state index in [0.29, 0.717) is 17.0 Å². The van der Waals surface area contributed by atoms with E-state index in [1.165, 1.54) is 0 Å². The Morgan fingerprint density at radius 3 is 2.88 bits per heavy atom. The van der Waals surface area contributed by atoms with E-state index in [-0.39, 0.29) is 0 Å². The molecule has 0 aliphatic heterocycles. The van der Waals surface area contributed by atoms with Crippen molar-refractivity contribution in [1.29, 1.82) is 5.26 Å². The van der Waals surface area contributed by atoms with Gasteiger partial charge in [-0.25, -0.2) is 4.98 Å². The van der Waals surface area contributed by atoms with E-state index in [0.717, 1.165) is 42.3 Å². The number of pyridine rings is 1. The molecule has 0 atom stereocenters. The van der Waals surface area contributed by atoms with Crippen molar-refractivity contribution in [2.45, 2.75) is 25.7 Å². The lowest BCUT2D eigenvalue weighted by molar-refractivity contribution is 0.671. The van der Waals surface area contributed by atoms with E-state index in [9.17, 15) is 0 Å². The van der Waals surface area contributed by atoms with E-state index >= 15 is 0 Å². The Morgan fingerprint density at radius 2 is 2.12 bits per heavy atom. The fourth-order valence-corrected chi connectivity index (χ4v) is 2.55. The summed E-state index contributed by atoms with van der Waals surface area (Å²) in [6.07, 6.45) is 4.23. The normalized spacial score (nSPS) is 14.6. The third-order valence-electron chi connectivity index (χ3n) is 3.41. The second-order valence-corrected chi connectivity index (χ2v) is 4.44. The van der Waals surface area contributed by atoms with Gasteiger partial charge in [-0.05, 0) is 31.2 Å². The summed E-state index contributed by atoms with van der Waals surface area (Å²) in [5, 5.41) is 14.1. The molecule has 86 valence electrons. The molecule has 2 N–H and O–H groups in total. The number of hydrogen-bond acceptors (Lipinski definition) is 4. The summed E-state index contributed by atoms with van der Waals surface area (Å²) in [6.45, 7) is 0. The van der Waals surface area contributed by atoms with Gasteiger partial charge in [0.1, 0.15) is 11.8 Å². The van der Waals surface area contributed by atoms with Gasteiger partial charge in [0.05, 0.1) is 11.1 Å². The first-order chi connectivity index (χ1) is 8.22. The number of nitrogens with zero attached hydrogens (tertiary/aromatic N) is 4. The Balaban J connectivity index is 2.41. The molecule has 0 unspecified atom stereocenters. The fourth-order valence-electron chi connectivity index (χ4n) is 2.55. The van der Waals surface area contributed by atoms with E-state index in [1.54, 1.807) is 11.7 Å². The first-order valence-corrected chi connectivity index (χ1v) is 5.76. The minimum atomic E-state index is 0.498. The molecule has 5 heteroatoms. The largest absolute Gasteiger partial charge is 0.398 e. The van der Waals surface area contributed by atoms with Crippen molar-refractivity contribution in [1.82, 2.24) is 14.8 Å². The van der Waals surface area contributed by atoms with Crippen LogP contribution in [0.25, 0.3) is 11.0 Å². The molecule has 1 aliphatic carbocycles. The number of hydrogen-bond donors (Lipinski definition) is 1. The van der Waals surface area contributed by atoms with Gasteiger partial charge in [-0.15, -0.1) is 0 Å². The minimum Gasteiger partial charge on any atom is -0.398 e. The fraction of sp³-hybridized carbons (Fsp3) is 0.417. The summed E-state index contributed by atoms with van der Waals surface area (Å²) in [4.78, 5) is 4.54. The summed E-state index contributed by atoms with van der Waals surface area (Å²) in [5.74, 6) is 0. The van der Waals surface area contributed by atoms with E-state index < -0.39 is 0 Å². The van der Waals surface area contributed by atoms with Crippen molar-refractivity contribution in [2.24, 2.45) is 7.05 Å². The molecule has 0 saturated carbocycles. The van der Waals surface area contributed by atoms with E-state index in [1.807, 2.05) is 0 Å². The third-order valence-corrected chi connectivity index (χ3v) is 3.41. The van der Waals surface area contributed by atoms with Crippen LogP contribution in [0.2, 0.25) is 0 Å². The van der Waals surface area contributed by atoms with Crippen LogP contribution in [0.3, 0.4) is 0 Å². The monoisotopic (exact) mass is 227 g/mol. The number of anilines is 1. The van der Waals surface area contributed by atoms with Gasteiger partial charge in [0.15, 0.2) is 5.65 Å². The molecule has 0 amide bonds. The van der Waals surface area contributed by atoms with Crippen LogP contribution in [0.5, 0.6) is 0 Å². The molecule has 0 spiro atoms. The molecule has 0 aromatic carbocycles. The van der Waals surface area contributed by atoms with Crippen molar-refractivity contribution < 1.29 is 0 Å². The molecule has 0 bridgehead atoms. The summed E-state index contributed by atoms with van der Waals surface area (Å²) < 4.78 is 1.56.